The summed E-state index contributed by atoms with van der Waals surface area (Å²) in [5.74, 6) is 0. The molecule has 2 rings (SSSR count). The predicted octanol–water partition coefficient (Wildman–Crippen LogP) is 3.11. The van der Waals surface area contributed by atoms with E-state index in [2.05, 4.69) is 35.4 Å². The molecule has 0 bridgehead atoms. The summed E-state index contributed by atoms with van der Waals surface area (Å²) in [5.41, 5.74) is 0.201. The summed E-state index contributed by atoms with van der Waals surface area (Å²) >= 11 is 0. The highest BCUT2D eigenvalue weighted by atomic mass is 32.3. The molecular weight excluding hydrogens is 331 g/mol. The van der Waals surface area contributed by atoms with E-state index in [0.29, 0.717) is 6.42 Å². The molecule has 0 amide bonds. The second-order valence-electron chi connectivity index (χ2n) is 5.46. The van der Waals surface area contributed by atoms with E-state index in [1.807, 2.05) is 36.4 Å². The number of hydrogen-bond donors (Lipinski definition) is 1. The summed E-state index contributed by atoms with van der Waals surface area (Å²) in [6, 6.07) is 20.4. The standard InChI is InChI=1S/C17H21O4PS/c1-14(21-23(18,19)20)13-15(2)22(16-9-5-3-6-10-16)17-11-7-4-8-12-17/h3-12,14-15H,13H2,1-2H3,(H,18,19,20). The summed E-state index contributed by atoms with van der Waals surface area (Å²) in [7, 11) is -5.06. The van der Waals surface area contributed by atoms with Gasteiger partial charge in [-0.3, -0.25) is 4.55 Å². The Labute approximate surface area is 139 Å². The molecule has 2 unspecified atom stereocenters. The van der Waals surface area contributed by atoms with Crippen molar-refractivity contribution < 1.29 is 17.2 Å². The van der Waals surface area contributed by atoms with Crippen LogP contribution in [0.2, 0.25) is 0 Å². The lowest BCUT2D eigenvalue weighted by Crippen LogP contribution is -2.25. The fourth-order valence-electron chi connectivity index (χ4n) is 2.67. The van der Waals surface area contributed by atoms with Gasteiger partial charge in [0.05, 0.1) is 6.10 Å². The van der Waals surface area contributed by atoms with Crippen LogP contribution in [0.15, 0.2) is 60.7 Å². The highest BCUT2D eigenvalue weighted by molar-refractivity contribution is 7.80. The fourth-order valence-corrected chi connectivity index (χ4v) is 5.97. The zero-order valence-electron chi connectivity index (χ0n) is 13.2. The van der Waals surface area contributed by atoms with Crippen LogP contribution in [-0.2, 0) is 14.6 Å². The smallest absolute Gasteiger partial charge is 0.264 e. The van der Waals surface area contributed by atoms with E-state index in [1.54, 1.807) is 6.92 Å². The van der Waals surface area contributed by atoms with Crippen molar-refractivity contribution in [3.63, 3.8) is 0 Å². The minimum atomic E-state index is -4.42. The first-order chi connectivity index (χ1) is 10.9. The topological polar surface area (TPSA) is 63.6 Å². The van der Waals surface area contributed by atoms with Crippen LogP contribution >= 0.6 is 7.92 Å². The van der Waals surface area contributed by atoms with Crippen LogP contribution in [0, 0.1) is 0 Å². The van der Waals surface area contributed by atoms with Crippen molar-refractivity contribution in [2.45, 2.75) is 32.0 Å². The van der Waals surface area contributed by atoms with Crippen molar-refractivity contribution in [3.8, 4) is 0 Å². The average Bonchev–Trinajstić information content (AvgIpc) is 2.47. The maximum absolute atomic E-state index is 10.9. The van der Waals surface area contributed by atoms with Gasteiger partial charge < -0.3 is 0 Å². The summed E-state index contributed by atoms with van der Waals surface area (Å²) < 4.78 is 35.2. The van der Waals surface area contributed by atoms with Gasteiger partial charge in [0.25, 0.3) is 0 Å². The van der Waals surface area contributed by atoms with Crippen LogP contribution in [0.5, 0.6) is 0 Å². The maximum atomic E-state index is 10.9. The molecule has 0 saturated heterocycles. The molecule has 0 spiro atoms. The second kappa shape index (κ2) is 8.02. The third-order valence-electron chi connectivity index (χ3n) is 3.47. The van der Waals surface area contributed by atoms with E-state index in [0.717, 1.165) is 0 Å². The first kappa shape index (κ1) is 18.1. The number of benzene rings is 2. The molecule has 0 aliphatic rings. The first-order valence-corrected chi connectivity index (χ1v) is 10.2. The third kappa shape index (κ3) is 5.70. The van der Waals surface area contributed by atoms with E-state index >= 15 is 0 Å². The Morgan fingerprint density at radius 1 is 0.957 bits per heavy atom. The first-order valence-electron chi connectivity index (χ1n) is 7.42. The molecule has 23 heavy (non-hydrogen) atoms. The lowest BCUT2D eigenvalue weighted by atomic mass is 10.2. The third-order valence-corrected chi connectivity index (χ3v) is 6.84. The molecule has 6 heteroatoms. The summed E-state index contributed by atoms with van der Waals surface area (Å²) in [4.78, 5) is 0. The summed E-state index contributed by atoms with van der Waals surface area (Å²) in [6.07, 6.45) is -0.0348. The predicted molar refractivity (Wildman–Crippen MR) is 95.2 cm³/mol. The van der Waals surface area contributed by atoms with Gasteiger partial charge in [-0.25, -0.2) is 4.18 Å². The molecule has 124 valence electrons. The van der Waals surface area contributed by atoms with Gasteiger partial charge in [-0.1, -0.05) is 67.6 Å². The molecule has 0 radical (unpaired) electrons. The molecule has 0 fully saturated rings. The molecule has 2 aromatic carbocycles. The number of hydrogen-bond acceptors (Lipinski definition) is 3. The van der Waals surface area contributed by atoms with E-state index in [1.165, 1.54) is 10.6 Å². The van der Waals surface area contributed by atoms with Crippen molar-refractivity contribution in [1.82, 2.24) is 0 Å². The molecule has 1 N–H and O–H groups in total. The van der Waals surface area contributed by atoms with E-state index in [9.17, 15) is 8.42 Å². The lowest BCUT2D eigenvalue weighted by molar-refractivity contribution is 0.189. The van der Waals surface area contributed by atoms with Gasteiger partial charge in [-0.2, -0.15) is 8.42 Å². The molecule has 2 aromatic rings. The van der Waals surface area contributed by atoms with E-state index < -0.39 is 24.4 Å². The van der Waals surface area contributed by atoms with Crippen LogP contribution < -0.4 is 10.6 Å². The SMILES string of the molecule is CC(CC(C)P(c1ccccc1)c1ccccc1)OS(=O)(=O)O. The van der Waals surface area contributed by atoms with Crippen LogP contribution in [0.1, 0.15) is 20.3 Å². The highest BCUT2D eigenvalue weighted by Gasteiger charge is 2.24. The largest absolute Gasteiger partial charge is 0.397 e. The van der Waals surface area contributed by atoms with Gasteiger partial charge in [0.15, 0.2) is 0 Å². The van der Waals surface area contributed by atoms with Crippen molar-refractivity contribution in [3.05, 3.63) is 60.7 Å². The summed E-state index contributed by atoms with van der Waals surface area (Å²) in [6.45, 7) is 3.75. The second-order valence-corrected chi connectivity index (χ2v) is 9.16. The van der Waals surface area contributed by atoms with Gasteiger partial charge >= 0.3 is 10.4 Å². The van der Waals surface area contributed by atoms with E-state index in [4.69, 9.17) is 4.55 Å². The van der Waals surface area contributed by atoms with Crippen LogP contribution in [0.25, 0.3) is 0 Å². The van der Waals surface area contributed by atoms with E-state index in [-0.39, 0.29) is 5.66 Å². The average molecular weight is 352 g/mol. The van der Waals surface area contributed by atoms with Gasteiger partial charge in [0.1, 0.15) is 0 Å². The molecular formula is C17H21O4PS. The van der Waals surface area contributed by atoms with Crippen molar-refractivity contribution in [1.29, 1.82) is 0 Å². The monoisotopic (exact) mass is 352 g/mol. The fraction of sp³-hybridized carbons (Fsp3) is 0.294. The van der Waals surface area contributed by atoms with Gasteiger partial charge in [0, 0.05) is 0 Å². The Balaban J connectivity index is 2.24. The van der Waals surface area contributed by atoms with Crippen LogP contribution in [-0.4, -0.2) is 24.7 Å². The lowest BCUT2D eigenvalue weighted by Gasteiger charge is -2.27. The van der Waals surface area contributed by atoms with Crippen molar-refractivity contribution >= 4 is 28.9 Å². The highest BCUT2D eigenvalue weighted by Crippen LogP contribution is 2.41. The quantitative estimate of drug-likeness (QED) is 0.614. The van der Waals surface area contributed by atoms with Crippen molar-refractivity contribution in [2.24, 2.45) is 0 Å². The molecule has 0 aromatic heterocycles. The zero-order chi connectivity index (χ0) is 16.9. The Morgan fingerprint density at radius 3 is 1.78 bits per heavy atom. The maximum Gasteiger partial charge on any atom is 0.397 e. The normalized spacial score (nSPS) is 14.6. The Bertz CT molecular complexity index is 664. The number of rotatable bonds is 7. The Morgan fingerprint density at radius 2 is 1.39 bits per heavy atom. The van der Waals surface area contributed by atoms with Crippen LogP contribution in [0.4, 0.5) is 0 Å². The molecule has 2 atom stereocenters. The Hall–Kier alpha value is -1.26. The molecule has 0 aliphatic carbocycles. The van der Waals surface area contributed by atoms with Gasteiger partial charge in [-0.05, 0) is 37.5 Å². The van der Waals surface area contributed by atoms with Gasteiger partial charge in [-0.15, -0.1) is 0 Å². The summed E-state index contributed by atoms with van der Waals surface area (Å²) in [5, 5.41) is 2.47. The molecule has 4 nitrogen and oxygen atoms in total. The van der Waals surface area contributed by atoms with Crippen LogP contribution in [0.3, 0.4) is 0 Å². The molecule has 0 heterocycles. The minimum absolute atomic E-state index is 0.201. The van der Waals surface area contributed by atoms with Gasteiger partial charge in [0.2, 0.25) is 0 Å². The molecule has 0 saturated carbocycles. The van der Waals surface area contributed by atoms with Crippen molar-refractivity contribution in [2.75, 3.05) is 0 Å². The zero-order valence-corrected chi connectivity index (χ0v) is 14.9. The molecule has 0 aliphatic heterocycles. The minimum Gasteiger partial charge on any atom is -0.264 e. The Kier molecular flexibility index (Phi) is 6.31.